The van der Waals surface area contributed by atoms with Gasteiger partial charge in [-0.25, -0.2) is 9.78 Å². The highest BCUT2D eigenvalue weighted by atomic mass is 16.4. The number of aryl methyl sites for hydroxylation is 1. The van der Waals surface area contributed by atoms with Gasteiger partial charge in [-0.1, -0.05) is 18.2 Å². The zero-order valence-electron chi connectivity index (χ0n) is 10.3. The maximum absolute atomic E-state index is 11.0. The lowest BCUT2D eigenvalue weighted by atomic mass is 10.1. The van der Waals surface area contributed by atoms with Crippen LogP contribution in [0.3, 0.4) is 0 Å². The van der Waals surface area contributed by atoms with Gasteiger partial charge in [0.05, 0.1) is 5.56 Å². The quantitative estimate of drug-likeness (QED) is 0.759. The average molecular weight is 253 g/mol. The Morgan fingerprint density at radius 3 is 2.74 bits per heavy atom. The third-order valence-corrected chi connectivity index (χ3v) is 2.98. The average Bonchev–Trinajstić information content (AvgIpc) is 2.84. The van der Waals surface area contributed by atoms with Crippen molar-refractivity contribution in [2.24, 2.45) is 0 Å². The molecule has 1 N–H and O–H groups in total. The number of nitrogens with zero attached hydrogens (tertiary/aromatic N) is 1. The van der Waals surface area contributed by atoms with Crippen molar-refractivity contribution in [3.8, 4) is 11.5 Å². The number of hydrogen-bond acceptors (Lipinski definition) is 3. The third-order valence-electron chi connectivity index (χ3n) is 2.98. The molecule has 0 atom stereocenters. The fourth-order valence-electron chi connectivity index (χ4n) is 1.99. The molecule has 0 radical (unpaired) electrons. The van der Waals surface area contributed by atoms with E-state index in [2.05, 4.69) is 4.98 Å². The number of hydrogen-bond donors (Lipinski definition) is 1. The van der Waals surface area contributed by atoms with Crippen LogP contribution >= 0.6 is 0 Å². The zero-order chi connectivity index (χ0) is 13.4. The van der Waals surface area contributed by atoms with E-state index in [4.69, 9.17) is 9.52 Å². The summed E-state index contributed by atoms with van der Waals surface area (Å²) < 4.78 is 5.67. The Morgan fingerprint density at radius 2 is 2.00 bits per heavy atom. The molecule has 0 spiro atoms. The van der Waals surface area contributed by atoms with E-state index < -0.39 is 5.97 Å². The third kappa shape index (κ3) is 1.97. The first kappa shape index (κ1) is 11.5. The highest BCUT2D eigenvalue weighted by molar-refractivity contribution is 5.89. The first-order valence-corrected chi connectivity index (χ1v) is 5.85. The second-order valence-corrected chi connectivity index (χ2v) is 4.33. The Balaban J connectivity index is 2.16. The van der Waals surface area contributed by atoms with Crippen LogP contribution in [0.25, 0.3) is 22.6 Å². The molecule has 0 saturated carbocycles. The maximum Gasteiger partial charge on any atom is 0.335 e. The molecule has 0 fully saturated rings. The molecule has 0 saturated heterocycles. The second kappa shape index (κ2) is 4.24. The number of rotatable bonds is 2. The number of aromatic nitrogens is 1. The van der Waals surface area contributed by atoms with Crippen LogP contribution in [0.1, 0.15) is 15.9 Å². The second-order valence-electron chi connectivity index (χ2n) is 4.33. The van der Waals surface area contributed by atoms with Crippen molar-refractivity contribution in [3.63, 3.8) is 0 Å². The molecule has 1 aromatic heterocycles. The molecule has 0 aliphatic carbocycles. The summed E-state index contributed by atoms with van der Waals surface area (Å²) in [5.74, 6) is -0.526. The largest absolute Gasteiger partial charge is 0.478 e. The number of fused-ring (bicyclic) bond motifs is 1. The van der Waals surface area contributed by atoms with Gasteiger partial charge < -0.3 is 9.52 Å². The normalized spacial score (nSPS) is 10.8. The highest BCUT2D eigenvalue weighted by Gasteiger charge is 2.11. The van der Waals surface area contributed by atoms with Gasteiger partial charge in [0, 0.05) is 5.56 Å². The fourth-order valence-corrected chi connectivity index (χ4v) is 1.99. The minimum absolute atomic E-state index is 0.219. The first-order valence-electron chi connectivity index (χ1n) is 5.85. The summed E-state index contributed by atoms with van der Waals surface area (Å²) in [4.78, 5) is 15.4. The van der Waals surface area contributed by atoms with Gasteiger partial charge in [0.1, 0.15) is 5.52 Å². The molecule has 0 aliphatic heterocycles. The van der Waals surface area contributed by atoms with Crippen molar-refractivity contribution in [3.05, 3.63) is 53.6 Å². The molecule has 3 aromatic rings. The molecule has 0 aliphatic rings. The van der Waals surface area contributed by atoms with Crippen molar-refractivity contribution < 1.29 is 14.3 Å². The van der Waals surface area contributed by atoms with Crippen LogP contribution in [-0.4, -0.2) is 16.1 Å². The van der Waals surface area contributed by atoms with Crippen LogP contribution in [0.5, 0.6) is 0 Å². The summed E-state index contributed by atoms with van der Waals surface area (Å²) in [6.45, 7) is 1.96. The predicted octanol–water partition coefficient (Wildman–Crippen LogP) is 3.50. The Kier molecular flexibility index (Phi) is 2.56. The zero-order valence-corrected chi connectivity index (χ0v) is 10.3. The SMILES string of the molecule is Cc1cccc2oc(-c3cccc(C(=O)O)c3)nc12. The molecule has 19 heavy (non-hydrogen) atoms. The Hall–Kier alpha value is -2.62. The van der Waals surface area contributed by atoms with Gasteiger partial charge in [-0.15, -0.1) is 0 Å². The van der Waals surface area contributed by atoms with Gasteiger partial charge in [-0.3, -0.25) is 0 Å². The van der Waals surface area contributed by atoms with E-state index in [0.29, 0.717) is 17.0 Å². The molecular formula is C15H11NO3. The molecular weight excluding hydrogens is 242 g/mol. The van der Waals surface area contributed by atoms with Crippen LogP contribution in [0, 0.1) is 6.92 Å². The van der Waals surface area contributed by atoms with Crippen LogP contribution < -0.4 is 0 Å². The van der Waals surface area contributed by atoms with E-state index in [0.717, 1.165) is 11.1 Å². The van der Waals surface area contributed by atoms with Crippen molar-refractivity contribution in [1.82, 2.24) is 4.98 Å². The van der Waals surface area contributed by atoms with Gasteiger partial charge in [-0.2, -0.15) is 0 Å². The number of benzene rings is 2. The van der Waals surface area contributed by atoms with Crippen molar-refractivity contribution in [2.45, 2.75) is 6.92 Å². The van der Waals surface area contributed by atoms with Gasteiger partial charge >= 0.3 is 5.97 Å². The minimum atomic E-state index is -0.964. The van der Waals surface area contributed by atoms with Gasteiger partial charge in [-0.05, 0) is 36.8 Å². The van der Waals surface area contributed by atoms with Crippen molar-refractivity contribution >= 4 is 17.1 Å². The standard InChI is InChI=1S/C15H11NO3/c1-9-4-2-7-12-13(9)16-14(19-12)10-5-3-6-11(8-10)15(17)18/h2-8H,1H3,(H,17,18). The first-order chi connectivity index (χ1) is 9.15. The van der Waals surface area contributed by atoms with Gasteiger partial charge in [0.25, 0.3) is 0 Å². The van der Waals surface area contributed by atoms with Gasteiger partial charge in [0.15, 0.2) is 5.58 Å². The number of para-hydroxylation sites is 1. The molecule has 0 amide bonds. The summed E-state index contributed by atoms with van der Waals surface area (Å²) in [6, 6.07) is 12.3. The van der Waals surface area contributed by atoms with E-state index in [1.54, 1.807) is 24.3 Å². The smallest absolute Gasteiger partial charge is 0.335 e. The lowest BCUT2D eigenvalue weighted by Crippen LogP contribution is -1.95. The fraction of sp³-hybridized carbons (Fsp3) is 0.0667. The van der Waals surface area contributed by atoms with E-state index in [-0.39, 0.29) is 5.56 Å². The summed E-state index contributed by atoms with van der Waals surface area (Å²) >= 11 is 0. The van der Waals surface area contributed by atoms with Crippen molar-refractivity contribution in [1.29, 1.82) is 0 Å². The van der Waals surface area contributed by atoms with Crippen molar-refractivity contribution in [2.75, 3.05) is 0 Å². The van der Waals surface area contributed by atoms with E-state index in [1.807, 2.05) is 25.1 Å². The summed E-state index contributed by atoms with van der Waals surface area (Å²) in [5, 5.41) is 8.99. The molecule has 2 aromatic carbocycles. The molecule has 0 bridgehead atoms. The number of carboxylic acid groups (broad SMARTS) is 1. The van der Waals surface area contributed by atoms with Crippen LogP contribution in [-0.2, 0) is 0 Å². The molecule has 4 heteroatoms. The Bertz CT molecular complexity index is 774. The van der Waals surface area contributed by atoms with Gasteiger partial charge in [0.2, 0.25) is 5.89 Å². The summed E-state index contributed by atoms with van der Waals surface area (Å²) in [5.41, 5.74) is 3.42. The van der Waals surface area contributed by atoms with Crippen LogP contribution in [0.4, 0.5) is 0 Å². The Labute approximate surface area is 109 Å². The summed E-state index contributed by atoms with van der Waals surface area (Å²) in [7, 11) is 0. The molecule has 4 nitrogen and oxygen atoms in total. The van der Waals surface area contributed by atoms with E-state index in [9.17, 15) is 4.79 Å². The lowest BCUT2D eigenvalue weighted by Gasteiger charge is -1.97. The van der Waals surface area contributed by atoms with Crippen LogP contribution in [0.2, 0.25) is 0 Å². The highest BCUT2D eigenvalue weighted by Crippen LogP contribution is 2.26. The number of carbonyl (C=O) groups is 1. The van der Waals surface area contributed by atoms with Crippen LogP contribution in [0.15, 0.2) is 46.9 Å². The Morgan fingerprint density at radius 1 is 1.21 bits per heavy atom. The molecule has 3 rings (SSSR count). The summed E-state index contributed by atoms with van der Waals surface area (Å²) in [6.07, 6.45) is 0. The minimum Gasteiger partial charge on any atom is -0.478 e. The molecule has 94 valence electrons. The molecule has 0 unspecified atom stereocenters. The lowest BCUT2D eigenvalue weighted by molar-refractivity contribution is 0.0697. The maximum atomic E-state index is 11.0. The monoisotopic (exact) mass is 253 g/mol. The predicted molar refractivity (Wildman–Crippen MR) is 71.1 cm³/mol. The topological polar surface area (TPSA) is 63.3 Å². The number of oxazole rings is 1. The molecule has 1 heterocycles. The number of aromatic carboxylic acids is 1. The van der Waals surface area contributed by atoms with E-state index >= 15 is 0 Å². The van der Waals surface area contributed by atoms with E-state index in [1.165, 1.54) is 0 Å². The number of carboxylic acids is 1.